The largest absolute Gasteiger partial charge is 0.310 e. The molecule has 0 N–H and O–H groups in total. The summed E-state index contributed by atoms with van der Waals surface area (Å²) in [4.78, 5) is 7.73. The zero-order valence-electron chi connectivity index (χ0n) is 48.6. The second-order valence-electron chi connectivity index (χ2n) is 22.4. The fourth-order valence-electron chi connectivity index (χ4n) is 13.1. The zero-order chi connectivity index (χ0) is 54.4. The lowest BCUT2D eigenvalue weighted by Gasteiger charge is -2.47. The summed E-state index contributed by atoms with van der Waals surface area (Å²) in [7, 11) is 0. The molecular formula is C73H77N3. The van der Waals surface area contributed by atoms with Gasteiger partial charge >= 0.3 is 0 Å². The fourth-order valence-corrected chi connectivity index (χ4v) is 13.1. The Balaban J connectivity index is 1.37. The molecule has 0 fully saturated rings. The SMILES string of the molecule is Cc1cc(C)c(C)c(N(c2cccc(C3(c4cccc(N(c5c(C)c(C)cc(C)c5C)c5c(C)c(C)c(C)c(C)c5C)c4)c4ccccc4N(c4ccccc4)c4ccccc43)c2)c2c(C)c(C)c(C)c(C)c2C)c1C. The first-order valence-electron chi connectivity index (χ1n) is 27.4. The fraction of sp³-hybridized carbons (Fsp3) is 0.260. The first-order chi connectivity index (χ1) is 36.2. The highest BCUT2D eigenvalue weighted by atomic mass is 15.2. The number of rotatable bonds is 9. The van der Waals surface area contributed by atoms with Gasteiger partial charge < -0.3 is 14.7 Å². The van der Waals surface area contributed by atoms with Crippen LogP contribution in [0, 0.1) is 125 Å². The van der Waals surface area contributed by atoms with Crippen LogP contribution >= 0.6 is 0 Å². The lowest BCUT2D eigenvalue weighted by Crippen LogP contribution is -2.38. The molecule has 3 heteroatoms. The van der Waals surface area contributed by atoms with Crippen LogP contribution in [0.1, 0.15) is 122 Å². The molecule has 384 valence electrons. The van der Waals surface area contributed by atoms with Crippen LogP contribution in [0.4, 0.5) is 51.2 Å². The quantitative estimate of drug-likeness (QED) is 0.143. The van der Waals surface area contributed by atoms with Gasteiger partial charge in [-0.3, -0.25) is 0 Å². The van der Waals surface area contributed by atoms with Crippen molar-refractivity contribution >= 4 is 51.2 Å². The average molecular weight is 996 g/mol. The van der Waals surface area contributed by atoms with E-state index in [0.29, 0.717) is 0 Å². The molecule has 1 heterocycles. The van der Waals surface area contributed by atoms with Crippen molar-refractivity contribution < 1.29 is 0 Å². The number of nitrogens with zero attached hydrogens (tertiary/aromatic N) is 3. The maximum absolute atomic E-state index is 2.63. The summed E-state index contributed by atoms with van der Waals surface area (Å²) in [6.45, 7) is 41.5. The molecule has 0 radical (unpaired) electrons. The molecule has 10 rings (SSSR count). The number of para-hydroxylation sites is 3. The molecular weight excluding hydrogens is 919 g/mol. The van der Waals surface area contributed by atoms with E-state index < -0.39 is 5.41 Å². The van der Waals surface area contributed by atoms with Crippen LogP contribution in [0.5, 0.6) is 0 Å². The smallest absolute Gasteiger partial charge is 0.0743 e. The standard InChI is InChI=1S/C73H77N3/c1-42-38-43(2)47(6)69(46(42)5)75(71-56(15)52(11)50(9)53(12)57(71)16)63-32-26-28-60(40-63)73(65-34-22-24-36-67(65)74(62-30-20-19-21-31-62)68-37-25-23-35-66(68)73)61-29-27-33-64(41-61)76(70-48(7)44(3)39-45(4)49(70)8)72-58(17)54(13)51(10)55(14)59(72)18/h19-41H,1-18H3. The highest BCUT2D eigenvalue weighted by Crippen LogP contribution is 2.59. The molecule has 76 heavy (non-hydrogen) atoms. The van der Waals surface area contributed by atoms with Crippen molar-refractivity contribution in [1.29, 1.82) is 0 Å². The van der Waals surface area contributed by atoms with E-state index >= 15 is 0 Å². The summed E-state index contributed by atoms with van der Waals surface area (Å²) < 4.78 is 0. The minimum atomic E-state index is -0.798. The number of anilines is 9. The first-order valence-corrected chi connectivity index (χ1v) is 27.4. The van der Waals surface area contributed by atoms with Crippen molar-refractivity contribution in [3.05, 3.63) is 262 Å². The Hall–Kier alpha value is -7.62. The van der Waals surface area contributed by atoms with Crippen molar-refractivity contribution in [3.63, 3.8) is 0 Å². The molecule has 0 aromatic heterocycles. The Morgan fingerprint density at radius 2 is 0.579 bits per heavy atom. The van der Waals surface area contributed by atoms with E-state index in [4.69, 9.17) is 0 Å². The summed E-state index contributed by atoms with van der Waals surface area (Å²) in [5.41, 5.74) is 38.5. The van der Waals surface area contributed by atoms with Gasteiger partial charge in [-0.2, -0.15) is 0 Å². The van der Waals surface area contributed by atoms with E-state index in [-0.39, 0.29) is 0 Å². The van der Waals surface area contributed by atoms with E-state index in [1.54, 1.807) is 0 Å². The van der Waals surface area contributed by atoms with Gasteiger partial charge in [0.15, 0.2) is 0 Å². The second-order valence-corrected chi connectivity index (χ2v) is 22.4. The predicted octanol–water partition coefficient (Wildman–Crippen LogP) is 20.3. The van der Waals surface area contributed by atoms with Gasteiger partial charge in [0.1, 0.15) is 0 Å². The minimum absolute atomic E-state index is 0.798. The normalized spacial score (nSPS) is 12.7. The average Bonchev–Trinajstić information content (AvgIpc) is 3.53. The van der Waals surface area contributed by atoms with E-state index in [0.717, 1.165) is 28.4 Å². The van der Waals surface area contributed by atoms with Crippen LogP contribution in [-0.2, 0) is 5.41 Å². The number of benzene rings is 9. The zero-order valence-corrected chi connectivity index (χ0v) is 48.6. The van der Waals surface area contributed by atoms with Gasteiger partial charge in [0.05, 0.1) is 39.5 Å². The topological polar surface area (TPSA) is 9.72 Å². The molecule has 0 aliphatic carbocycles. The maximum Gasteiger partial charge on any atom is 0.0743 e. The predicted molar refractivity (Wildman–Crippen MR) is 328 cm³/mol. The Morgan fingerprint density at radius 1 is 0.276 bits per heavy atom. The summed E-state index contributed by atoms with van der Waals surface area (Å²) in [6.07, 6.45) is 0. The van der Waals surface area contributed by atoms with Gasteiger partial charge in [-0.05, 0) is 296 Å². The van der Waals surface area contributed by atoms with Crippen molar-refractivity contribution in [2.24, 2.45) is 0 Å². The van der Waals surface area contributed by atoms with Crippen LogP contribution in [0.2, 0.25) is 0 Å². The maximum atomic E-state index is 2.63. The monoisotopic (exact) mass is 996 g/mol. The van der Waals surface area contributed by atoms with Crippen molar-refractivity contribution in [3.8, 4) is 0 Å². The Bertz CT molecular complexity index is 3470. The van der Waals surface area contributed by atoms with Crippen LogP contribution in [-0.4, -0.2) is 0 Å². The van der Waals surface area contributed by atoms with Gasteiger partial charge in [0.2, 0.25) is 0 Å². The molecule has 0 spiro atoms. The van der Waals surface area contributed by atoms with Gasteiger partial charge in [0.25, 0.3) is 0 Å². The molecule has 9 aromatic rings. The van der Waals surface area contributed by atoms with Gasteiger partial charge in [-0.25, -0.2) is 0 Å². The molecule has 3 nitrogen and oxygen atoms in total. The van der Waals surface area contributed by atoms with Gasteiger partial charge in [-0.1, -0.05) is 91.0 Å². The molecule has 0 bridgehead atoms. The number of fused-ring (bicyclic) bond motifs is 2. The van der Waals surface area contributed by atoms with E-state index in [2.05, 4.69) is 279 Å². The lowest BCUT2D eigenvalue weighted by molar-refractivity contribution is 0.731. The van der Waals surface area contributed by atoms with E-state index in [1.165, 1.54) is 145 Å². The highest BCUT2D eigenvalue weighted by Gasteiger charge is 2.47. The molecule has 0 atom stereocenters. The first kappa shape index (κ1) is 51.8. The van der Waals surface area contributed by atoms with Crippen molar-refractivity contribution in [2.45, 2.75) is 130 Å². The molecule has 0 saturated carbocycles. The summed E-state index contributed by atoms with van der Waals surface area (Å²) in [5.74, 6) is 0. The van der Waals surface area contributed by atoms with Crippen LogP contribution < -0.4 is 14.7 Å². The van der Waals surface area contributed by atoms with Crippen molar-refractivity contribution in [2.75, 3.05) is 14.7 Å². The van der Waals surface area contributed by atoms with Crippen LogP contribution in [0.3, 0.4) is 0 Å². The highest BCUT2D eigenvalue weighted by molar-refractivity contribution is 5.93. The minimum Gasteiger partial charge on any atom is -0.310 e. The van der Waals surface area contributed by atoms with Gasteiger partial charge in [-0.15, -0.1) is 0 Å². The Labute approximate surface area is 455 Å². The number of aryl methyl sites for hydroxylation is 4. The summed E-state index contributed by atoms with van der Waals surface area (Å²) in [5, 5.41) is 0. The third kappa shape index (κ3) is 7.83. The molecule has 1 aliphatic heterocycles. The van der Waals surface area contributed by atoms with E-state index in [9.17, 15) is 0 Å². The molecule has 0 unspecified atom stereocenters. The third-order valence-corrected chi connectivity index (χ3v) is 18.7. The molecule has 9 aromatic carbocycles. The van der Waals surface area contributed by atoms with Crippen LogP contribution in [0.25, 0.3) is 0 Å². The van der Waals surface area contributed by atoms with E-state index in [1.807, 2.05) is 0 Å². The number of hydrogen-bond donors (Lipinski definition) is 0. The lowest BCUT2D eigenvalue weighted by atomic mass is 9.62. The number of hydrogen-bond acceptors (Lipinski definition) is 3. The third-order valence-electron chi connectivity index (χ3n) is 18.7. The molecule has 0 amide bonds. The van der Waals surface area contributed by atoms with Gasteiger partial charge in [0, 0.05) is 17.1 Å². The Kier molecular flexibility index (Phi) is 13.3. The van der Waals surface area contributed by atoms with Crippen molar-refractivity contribution in [1.82, 2.24) is 0 Å². The summed E-state index contributed by atoms with van der Waals surface area (Å²) >= 11 is 0. The van der Waals surface area contributed by atoms with Crippen LogP contribution in [0.15, 0.2) is 140 Å². The molecule has 0 saturated heterocycles. The molecule has 1 aliphatic rings. The summed E-state index contributed by atoms with van der Waals surface area (Å²) in [6, 6.07) is 53.2. The second kappa shape index (κ2) is 19.5. The Morgan fingerprint density at radius 3 is 0.934 bits per heavy atom.